The molecule has 1 N–H and O–H groups in total. The van der Waals surface area contributed by atoms with Gasteiger partial charge < -0.3 is 14.6 Å². The lowest BCUT2D eigenvalue weighted by Crippen LogP contribution is -2.47. The molecule has 0 aromatic carbocycles. The molecule has 0 radical (unpaired) electrons. The maximum atomic E-state index is 12.8. The lowest BCUT2D eigenvalue weighted by atomic mass is 10.3. The summed E-state index contributed by atoms with van der Waals surface area (Å²) in [6.45, 7) is 4.84. The van der Waals surface area contributed by atoms with E-state index >= 15 is 0 Å². The number of nitrogens with zero attached hydrogens (tertiary/aromatic N) is 5. The molecule has 3 heterocycles. The number of alkyl halides is 3. The van der Waals surface area contributed by atoms with E-state index in [-0.39, 0.29) is 12.4 Å². The molecule has 1 aliphatic rings. The van der Waals surface area contributed by atoms with Crippen LogP contribution in [-0.4, -0.2) is 57.6 Å². The molecule has 27 heavy (non-hydrogen) atoms. The van der Waals surface area contributed by atoms with Crippen molar-refractivity contribution in [3.63, 3.8) is 0 Å². The zero-order valence-electron chi connectivity index (χ0n) is 14.7. The van der Waals surface area contributed by atoms with Crippen molar-refractivity contribution < 1.29 is 17.9 Å². The largest absolute Gasteiger partial charge is 0.478 e. The van der Waals surface area contributed by atoms with E-state index in [0.717, 1.165) is 0 Å². The highest BCUT2D eigenvalue weighted by Crippen LogP contribution is 2.26. The van der Waals surface area contributed by atoms with Gasteiger partial charge in [0.25, 0.3) is 5.56 Å². The summed E-state index contributed by atoms with van der Waals surface area (Å²) < 4.78 is 43.7. The number of aromatic nitrogens is 4. The zero-order valence-corrected chi connectivity index (χ0v) is 14.7. The van der Waals surface area contributed by atoms with Gasteiger partial charge in [-0.25, -0.2) is 9.97 Å². The summed E-state index contributed by atoms with van der Waals surface area (Å²) in [5.74, 6) is 1.04. The number of H-pyrrole nitrogens is 1. The van der Waals surface area contributed by atoms with Crippen LogP contribution in [0.2, 0.25) is 0 Å². The Bertz CT molecular complexity index is 833. The fourth-order valence-corrected chi connectivity index (χ4v) is 2.76. The first kappa shape index (κ1) is 19.1. The number of ether oxygens (including phenoxy) is 1. The van der Waals surface area contributed by atoms with Crippen LogP contribution in [0.4, 0.5) is 19.1 Å². The average Bonchev–Trinajstić information content (AvgIpc) is 2.62. The van der Waals surface area contributed by atoms with Crippen LogP contribution in [0.3, 0.4) is 0 Å². The average molecular weight is 384 g/mol. The highest BCUT2D eigenvalue weighted by atomic mass is 19.4. The lowest BCUT2D eigenvalue weighted by molar-refractivity contribution is -0.141. The Morgan fingerprint density at radius 3 is 2.63 bits per heavy atom. The molecule has 11 heteroatoms. The minimum absolute atomic E-state index is 0.00197. The first-order chi connectivity index (χ1) is 12.8. The van der Waals surface area contributed by atoms with Gasteiger partial charge in [0.15, 0.2) is 5.69 Å². The fourth-order valence-electron chi connectivity index (χ4n) is 2.76. The summed E-state index contributed by atoms with van der Waals surface area (Å²) in [6.07, 6.45) is -3.03. The van der Waals surface area contributed by atoms with E-state index in [0.29, 0.717) is 50.7 Å². The van der Waals surface area contributed by atoms with Crippen molar-refractivity contribution in [2.75, 3.05) is 37.7 Å². The molecule has 1 saturated heterocycles. The summed E-state index contributed by atoms with van der Waals surface area (Å²) in [5.41, 5.74) is -1.99. The van der Waals surface area contributed by atoms with Crippen molar-refractivity contribution >= 4 is 5.95 Å². The fraction of sp³-hybridized carbons (Fsp3) is 0.500. The molecule has 0 saturated carbocycles. The van der Waals surface area contributed by atoms with Gasteiger partial charge in [-0.2, -0.15) is 18.2 Å². The maximum absolute atomic E-state index is 12.8. The summed E-state index contributed by atoms with van der Waals surface area (Å²) >= 11 is 0. The molecule has 0 bridgehead atoms. The predicted octanol–water partition coefficient (Wildman–Crippen LogP) is 1.30. The van der Waals surface area contributed by atoms with Gasteiger partial charge in [-0.3, -0.25) is 9.69 Å². The molecule has 1 aliphatic heterocycles. The molecule has 0 spiro atoms. The van der Waals surface area contributed by atoms with Gasteiger partial charge in [-0.15, -0.1) is 0 Å². The van der Waals surface area contributed by atoms with Gasteiger partial charge in [0.2, 0.25) is 11.8 Å². The van der Waals surface area contributed by atoms with E-state index in [2.05, 4.69) is 19.9 Å². The van der Waals surface area contributed by atoms with Gasteiger partial charge in [0.05, 0.1) is 13.2 Å². The maximum Gasteiger partial charge on any atom is 0.433 e. The van der Waals surface area contributed by atoms with Gasteiger partial charge in [-0.05, 0) is 6.92 Å². The Balaban J connectivity index is 1.62. The van der Waals surface area contributed by atoms with E-state index in [1.54, 1.807) is 12.3 Å². The van der Waals surface area contributed by atoms with Crippen molar-refractivity contribution in [3.8, 4) is 5.88 Å². The van der Waals surface area contributed by atoms with Crippen molar-refractivity contribution in [3.05, 3.63) is 40.2 Å². The van der Waals surface area contributed by atoms with E-state index in [1.807, 2.05) is 16.7 Å². The van der Waals surface area contributed by atoms with E-state index in [9.17, 15) is 18.0 Å². The van der Waals surface area contributed by atoms with Crippen LogP contribution in [0.5, 0.6) is 5.88 Å². The highest BCUT2D eigenvalue weighted by molar-refractivity contribution is 5.32. The Hall–Kier alpha value is -2.69. The number of piperazine rings is 1. The molecule has 1 fully saturated rings. The van der Waals surface area contributed by atoms with Gasteiger partial charge >= 0.3 is 6.18 Å². The number of halogens is 3. The van der Waals surface area contributed by atoms with Crippen LogP contribution < -0.4 is 15.2 Å². The second-order valence-corrected chi connectivity index (χ2v) is 5.97. The van der Waals surface area contributed by atoms with E-state index in [4.69, 9.17) is 4.74 Å². The Kier molecular flexibility index (Phi) is 5.59. The molecule has 0 unspecified atom stereocenters. The third kappa shape index (κ3) is 4.94. The molecule has 0 amide bonds. The molecule has 0 atom stereocenters. The highest BCUT2D eigenvalue weighted by Gasteiger charge is 2.33. The summed E-state index contributed by atoms with van der Waals surface area (Å²) in [4.78, 5) is 29.8. The van der Waals surface area contributed by atoms with Crippen LogP contribution >= 0.6 is 0 Å². The van der Waals surface area contributed by atoms with Gasteiger partial charge in [0, 0.05) is 44.5 Å². The zero-order chi connectivity index (χ0) is 19.4. The van der Waals surface area contributed by atoms with Crippen molar-refractivity contribution in [1.29, 1.82) is 0 Å². The first-order valence-corrected chi connectivity index (χ1v) is 8.45. The second-order valence-electron chi connectivity index (χ2n) is 5.97. The second kappa shape index (κ2) is 7.91. The minimum Gasteiger partial charge on any atom is -0.478 e. The molecule has 3 rings (SSSR count). The Morgan fingerprint density at radius 2 is 1.96 bits per heavy atom. The van der Waals surface area contributed by atoms with Crippen molar-refractivity contribution in [2.45, 2.75) is 19.6 Å². The topological polar surface area (TPSA) is 87.2 Å². The van der Waals surface area contributed by atoms with Gasteiger partial charge in [0.1, 0.15) is 5.82 Å². The number of hydrogen-bond donors (Lipinski definition) is 1. The van der Waals surface area contributed by atoms with Crippen molar-refractivity contribution in [2.24, 2.45) is 0 Å². The number of rotatable bonds is 5. The Labute approximate surface area is 153 Å². The third-order valence-electron chi connectivity index (χ3n) is 4.02. The van der Waals surface area contributed by atoms with E-state index in [1.165, 1.54) is 0 Å². The lowest BCUT2D eigenvalue weighted by Gasteiger charge is -2.34. The smallest absolute Gasteiger partial charge is 0.433 e. The number of aromatic amines is 1. The molecule has 8 nitrogen and oxygen atoms in total. The summed E-state index contributed by atoms with van der Waals surface area (Å²) in [5, 5.41) is 0. The standard InChI is InChI=1S/C16H19F3N6O2/c1-2-27-14-3-4-20-15(23-14)25-7-5-24(6-8-25)10-12-21-11(16(17,18)19)9-13(26)22-12/h3-4,9H,2,5-8,10H2,1H3,(H,21,22,26). The quantitative estimate of drug-likeness (QED) is 0.831. The molecule has 146 valence electrons. The van der Waals surface area contributed by atoms with Gasteiger partial charge in [-0.1, -0.05) is 0 Å². The molecule has 2 aromatic heterocycles. The minimum atomic E-state index is -4.65. The predicted molar refractivity (Wildman–Crippen MR) is 90.6 cm³/mol. The summed E-state index contributed by atoms with van der Waals surface area (Å²) in [6, 6.07) is 2.14. The number of hydrogen-bond acceptors (Lipinski definition) is 7. The van der Waals surface area contributed by atoms with Crippen LogP contribution in [0.15, 0.2) is 23.1 Å². The molecular weight excluding hydrogens is 365 g/mol. The number of nitrogens with one attached hydrogen (secondary N) is 1. The molecular formula is C16H19F3N6O2. The molecule has 2 aromatic rings. The first-order valence-electron chi connectivity index (χ1n) is 8.45. The van der Waals surface area contributed by atoms with Crippen LogP contribution in [0, 0.1) is 0 Å². The van der Waals surface area contributed by atoms with Crippen LogP contribution in [0.25, 0.3) is 0 Å². The SMILES string of the molecule is CCOc1ccnc(N2CCN(Cc3nc(C(F)(F)F)cc(=O)[nH]3)CC2)n1. The third-order valence-corrected chi connectivity index (χ3v) is 4.02. The normalized spacial score (nSPS) is 15.8. The number of anilines is 1. The van der Waals surface area contributed by atoms with Crippen LogP contribution in [0.1, 0.15) is 18.4 Å². The van der Waals surface area contributed by atoms with E-state index < -0.39 is 17.4 Å². The van der Waals surface area contributed by atoms with Crippen LogP contribution in [-0.2, 0) is 12.7 Å². The Morgan fingerprint density at radius 1 is 1.22 bits per heavy atom. The molecule has 0 aliphatic carbocycles. The monoisotopic (exact) mass is 384 g/mol. The summed E-state index contributed by atoms with van der Waals surface area (Å²) in [7, 11) is 0. The van der Waals surface area contributed by atoms with Crippen molar-refractivity contribution in [1.82, 2.24) is 24.8 Å².